The summed E-state index contributed by atoms with van der Waals surface area (Å²) >= 11 is 3.54. The van der Waals surface area contributed by atoms with Gasteiger partial charge in [-0.15, -0.1) is 0 Å². The number of ether oxygens (including phenoxy) is 1. The van der Waals surface area contributed by atoms with Crippen molar-refractivity contribution < 1.29 is 18.3 Å². The molecule has 0 radical (unpaired) electrons. The quantitative estimate of drug-likeness (QED) is 0.553. The van der Waals surface area contributed by atoms with Crippen LogP contribution in [0.5, 0.6) is 0 Å². The van der Waals surface area contributed by atoms with Crippen LogP contribution >= 0.6 is 15.9 Å². The van der Waals surface area contributed by atoms with Crippen LogP contribution in [-0.2, 0) is 4.74 Å². The van der Waals surface area contributed by atoms with Gasteiger partial charge in [0.25, 0.3) is 0 Å². The van der Waals surface area contributed by atoms with E-state index < -0.39 is 23.3 Å². The minimum absolute atomic E-state index is 0.0744. The molecule has 0 bridgehead atoms. The second-order valence-corrected chi connectivity index (χ2v) is 9.39. The first-order valence-electron chi connectivity index (χ1n) is 9.81. The van der Waals surface area contributed by atoms with Gasteiger partial charge >= 0.3 is 6.09 Å². The van der Waals surface area contributed by atoms with Crippen molar-refractivity contribution in [2.45, 2.75) is 26.4 Å². The highest BCUT2D eigenvalue weighted by Gasteiger charge is 2.31. The number of benzene rings is 1. The van der Waals surface area contributed by atoms with Gasteiger partial charge in [0.1, 0.15) is 22.8 Å². The molecule has 2 aromatic heterocycles. The molecule has 2 N–H and O–H groups in total. The van der Waals surface area contributed by atoms with Gasteiger partial charge in [-0.2, -0.15) is 0 Å². The highest BCUT2D eigenvalue weighted by atomic mass is 79.9. The molecule has 0 spiro atoms. The molecule has 31 heavy (non-hydrogen) atoms. The lowest BCUT2D eigenvalue weighted by molar-refractivity contribution is 0.0516. The molecule has 164 valence electrons. The third-order valence-corrected chi connectivity index (χ3v) is 5.42. The van der Waals surface area contributed by atoms with Crippen LogP contribution in [0.2, 0.25) is 0 Å². The monoisotopic (exact) mass is 493 g/mol. The van der Waals surface area contributed by atoms with E-state index >= 15 is 0 Å². The lowest BCUT2D eigenvalue weighted by Gasteiger charge is -2.42. The van der Waals surface area contributed by atoms with Gasteiger partial charge in [-0.1, -0.05) is 0 Å². The number of alkyl carbamates (subject to hydrolysis) is 1. The van der Waals surface area contributed by atoms with Gasteiger partial charge in [0.2, 0.25) is 0 Å². The summed E-state index contributed by atoms with van der Waals surface area (Å²) in [6.07, 6.45) is 2.88. The van der Waals surface area contributed by atoms with Crippen molar-refractivity contribution in [3.63, 3.8) is 0 Å². The van der Waals surface area contributed by atoms with Crippen molar-refractivity contribution in [2.24, 2.45) is 5.92 Å². The maximum absolute atomic E-state index is 14.1. The number of pyridine rings is 1. The van der Waals surface area contributed by atoms with Gasteiger partial charge < -0.3 is 19.9 Å². The number of halogens is 3. The number of anilines is 1. The molecule has 1 amide bonds. The number of amides is 1. The molecule has 1 saturated heterocycles. The maximum Gasteiger partial charge on any atom is 0.407 e. The van der Waals surface area contributed by atoms with Gasteiger partial charge in [0, 0.05) is 44.0 Å². The highest BCUT2D eigenvalue weighted by molar-refractivity contribution is 9.10. The third kappa shape index (κ3) is 4.63. The van der Waals surface area contributed by atoms with Crippen molar-refractivity contribution in [3.05, 3.63) is 40.6 Å². The zero-order valence-corrected chi connectivity index (χ0v) is 18.9. The lowest BCUT2D eigenvalue weighted by Crippen LogP contribution is -2.52. The molecule has 0 atom stereocenters. The number of hydrogen-bond donors (Lipinski definition) is 2. The largest absolute Gasteiger partial charge is 0.444 e. The Balaban J connectivity index is 1.50. The van der Waals surface area contributed by atoms with Crippen LogP contribution in [0.1, 0.15) is 20.8 Å². The number of aromatic amines is 1. The smallest absolute Gasteiger partial charge is 0.407 e. The Hall–Kier alpha value is -2.75. The van der Waals surface area contributed by atoms with Gasteiger partial charge in [0.05, 0.1) is 21.2 Å². The molecule has 7 nitrogen and oxygen atoms in total. The van der Waals surface area contributed by atoms with Crippen LogP contribution in [0.4, 0.5) is 19.3 Å². The van der Waals surface area contributed by atoms with Gasteiger partial charge in [-0.05, 0) is 42.8 Å². The summed E-state index contributed by atoms with van der Waals surface area (Å²) in [5.41, 5.74) is 1.33. The Morgan fingerprint density at radius 1 is 1.32 bits per heavy atom. The topological polar surface area (TPSA) is 83.1 Å². The molecule has 3 heterocycles. The minimum Gasteiger partial charge on any atom is -0.444 e. The van der Waals surface area contributed by atoms with Crippen LogP contribution in [0.15, 0.2) is 29.0 Å². The fourth-order valence-corrected chi connectivity index (χ4v) is 4.10. The molecule has 1 fully saturated rings. The second-order valence-electron chi connectivity index (χ2n) is 8.54. The number of aromatic nitrogens is 3. The van der Waals surface area contributed by atoms with Crippen molar-refractivity contribution in [3.8, 4) is 11.4 Å². The SMILES string of the molecule is CC(C)(C)OC(=O)NCC1CN(c2c(Br)cncc2-c2nc3c(F)cc(F)cc3[nH]2)C1. The Bertz CT molecular complexity index is 1140. The lowest BCUT2D eigenvalue weighted by atomic mass is 9.98. The minimum atomic E-state index is -0.723. The van der Waals surface area contributed by atoms with E-state index in [9.17, 15) is 13.6 Å². The van der Waals surface area contributed by atoms with E-state index in [1.807, 2.05) is 20.8 Å². The summed E-state index contributed by atoms with van der Waals surface area (Å²) < 4.78 is 33.7. The first-order valence-corrected chi connectivity index (χ1v) is 10.6. The molecule has 4 rings (SSSR count). The number of carbonyl (C=O) groups excluding carboxylic acids is 1. The van der Waals surface area contributed by atoms with Gasteiger partial charge in [-0.25, -0.2) is 18.6 Å². The fourth-order valence-electron chi connectivity index (χ4n) is 3.52. The van der Waals surface area contributed by atoms with Crippen molar-refractivity contribution in [2.75, 3.05) is 24.5 Å². The standard InChI is InChI=1S/C21H22BrF2N5O2/c1-21(2,3)31-20(30)26-6-11-9-29(10-11)18-13(7-25-8-14(18)22)19-27-16-5-12(23)4-15(24)17(16)28-19/h4-5,7-8,11H,6,9-10H2,1-3H3,(H,26,30)(H,27,28). The Labute approximate surface area is 186 Å². The molecule has 0 aliphatic carbocycles. The van der Waals surface area contributed by atoms with Crippen LogP contribution < -0.4 is 10.2 Å². The number of carbonyl (C=O) groups is 1. The summed E-state index contributed by atoms with van der Waals surface area (Å²) in [5, 5.41) is 2.80. The van der Waals surface area contributed by atoms with E-state index in [-0.39, 0.29) is 17.0 Å². The number of rotatable bonds is 4. The maximum atomic E-state index is 14.1. The van der Waals surface area contributed by atoms with E-state index in [1.54, 1.807) is 12.4 Å². The van der Waals surface area contributed by atoms with Gasteiger partial charge in [-0.3, -0.25) is 4.98 Å². The molecule has 1 aromatic carbocycles. The summed E-state index contributed by atoms with van der Waals surface area (Å²) in [4.78, 5) is 25.5. The summed E-state index contributed by atoms with van der Waals surface area (Å²) in [6, 6.07) is 2.02. The summed E-state index contributed by atoms with van der Waals surface area (Å²) in [5.74, 6) is -0.739. The van der Waals surface area contributed by atoms with Crippen molar-refractivity contribution in [1.82, 2.24) is 20.3 Å². The van der Waals surface area contributed by atoms with Gasteiger partial charge in [0.15, 0.2) is 5.82 Å². The normalized spacial score (nSPS) is 14.6. The molecule has 3 aromatic rings. The van der Waals surface area contributed by atoms with E-state index in [0.29, 0.717) is 31.0 Å². The first-order chi connectivity index (χ1) is 14.6. The number of fused-ring (bicyclic) bond motifs is 1. The van der Waals surface area contributed by atoms with E-state index in [4.69, 9.17) is 4.74 Å². The van der Waals surface area contributed by atoms with Crippen molar-refractivity contribution >= 4 is 38.7 Å². The van der Waals surface area contributed by atoms with Crippen LogP contribution in [-0.4, -0.2) is 46.3 Å². The molecule has 10 heteroatoms. The summed E-state index contributed by atoms with van der Waals surface area (Å²) in [6.45, 7) is 7.36. The first kappa shape index (κ1) is 21.5. The predicted molar refractivity (Wildman–Crippen MR) is 117 cm³/mol. The number of imidazole rings is 1. The molecule has 0 saturated carbocycles. The van der Waals surface area contributed by atoms with Crippen LogP contribution in [0, 0.1) is 17.6 Å². The Morgan fingerprint density at radius 3 is 2.77 bits per heavy atom. The highest BCUT2D eigenvalue weighted by Crippen LogP contribution is 2.39. The van der Waals surface area contributed by atoms with E-state index in [1.165, 1.54) is 6.07 Å². The fraction of sp³-hybridized carbons (Fsp3) is 0.381. The van der Waals surface area contributed by atoms with E-state index in [2.05, 4.69) is 41.1 Å². The number of nitrogens with zero attached hydrogens (tertiary/aromatic N) is 3. The van der Waals surface area contributed by atoms with Crippen LogP contribution in [0.3, 0.4) is 0 Å². The Morgan fingerprint density at radius 2 is 2.06 bits per heavy atom. The zero-order chi connectivity index (χ0) is 22.3. The Kier molecular flexibility index (Phi) is 5.59. The number of H-pyrrole nitrogens is 1. The molecule has 0 unspecified atom stereocenters. The van der Waals surface area contributed by atoms with Crippen molar-refractivity contribution in [1.29, 1.82) is 0 Å². The van der Waals surface area contributed by atoms with Crippen LogP contribution in [0.25, 0.3) is 22.4 Å². The average molecular weight is 494 g/mol. The average Bonchev–Trinajstić information content (AvgIpc) is 3.04. The summed E-state index contributed by atoms with van der Waals surface area (Å²) in [7, 11) is 0. The predicted octanol–water partition coefficient (Wildman–Crippen LogP) is 4.63. The number of nitrogens with one attached hydrogen (secondary N) is 2. The molecular formula is C21H22BrF2N5O2. The molecule has 1 aliphatic rings. The number of hydrogen-bond acceptors (Lipinski definition) is 5. The second kappa shape index (κ2) is 8.07. The van der Waals surface area contributed by atoms with E-state index in [0.717, 1.165) is 16.2 Å². The third-order valence-electron chi connectivity index (χ3n) is 4.84. The molecular weight excluding hydrogens is 472 g/mol. The molecule has 1 aliphatic heterocycles. The zero-order valence-electron chi connectivity index (χ0n) is 17.3.